The third-order valence-corrected chi connectivity index (χ3v) is 5.64. The van der Waals surface area contributed by atoms with Gasteiger partial charge in [0.05, 0.1) is 6.54 Å². The summed E-state index contributed by atoms with van der Waals surface area (Å²) >= 11 is 0. The van der Waals surface area contributed by atoms with E-state index in [-0.39, 0.29) is 0 Å². The highest BCUT2D eigenvalue weighted by atomic mass is 16.5. The number of aromatic nitrogens is 3. The van der Waals surface area contributed by atoms with Gasteiger partial charge in [-0.25, -0.2) is 4.98 Å². The molecule has 2 aromatic heterocycles. The van der Waals surface area contributed by atoms with Crippen LogP contribution in [0.4, 0.5) is 0 Å². The Morgan fingerprint density at radius 3 is 2.81 bits per heavy atom. The number of piperidine rings is 1. The van der Waals surface area contributed by atoms with Gasteiger partial charge in [-0.1, -0.05) is 41.4 Å². The predicted octanol–water partition coefficient (Wildman–Crippen LogP) is 4.37. The van der Waals surface area contributed by atoms with Crippen LogP contribution >= 0.6 is 0 Å². The number of hydrogen-bond donors (Lipinski definition) is 0. The van der Waals surface area contributed by atoms with Crippen LogP contribution in [0.5, 0.6) is 0 Å². The van der Waals surface area contributed by atoms with Crippen LogP contribution in [0.1, 0.15) is 42.8 Å². The van der Waals surface area contributed by atoms with Crippen LogP contribution in [0.2, 0.25) is 0 Å². The fourth-order valence-electron chi connectivity index (χ4n) is 3.98. The summed E-state index contributed by atoms with van der Waals surface area (Å²) in [6.45, 7) is 4.06. The topological polar surface area (TPSA) is 47.1 Å². The van der Waals surface area contributed by atoms with Crippen molar-refractivity contribution in [1.82, 2.24) is 19.6 Å². The summed E-state index contributed by atoms with van der Waals surface area (Å²) in [5.41, 5.74) is 3.29. The SMILES string of the molecule is Cc1ccc(-c2cc(CN3CCCC[C@H]3CCc3nccn3C)on2)cc1. The largest absolute Gasteiger partial charge is 0.359 e. The van der Waals surface area contributed by atoms with Gasteiger partial charge in [-0.05, 0) is 32.7 Å². The van der Waals surface area contributed by atoms with E-state index in [4.69, 9.17) is 4.52 Å². The third kappa shape index (κ3) is 4.30. The Bertz CT molecular complexity index is 865. The molecule has 1 fully saturated rings. The van der Waals surface area contributed by atoms with Crippen LogP contribution in [0.25, 0.3) is 11.3 Å². The van der Waals surface area contributed by atoms with Crippen LogP contribution in [0, 0.1) is 6.92 Å². The van der Waals surface area contributed by atoms with Gasteiger partial charge in [-0.2, -0.15) is 0 Å². The number of nitrogens with zero attached hydrogens (tertiary/aromatic N) is 4. The van der Waals surface area contributed by atoms with Crippen molar-refractivity contribution in [1.29, 1.82) is 0 Å². The molecule has 3 aromatic rings. The molecule has 0 radical (unpaired) electrons. The van der Waals surface area contributed by atoms with Crippen molar-refractivity contribution in [2.75, 3.05) is 6.54 Å². The Morgan fingerprint density at radius 1 is 1.19 bits per heavy atom. The van der Waals surface area contributed by atoms with Gasteiger partial charge < -0.3 is 9.09 Å². The predicted molar refractivity (Wildman–Crippen MR) is 106 cm³/mol. The second-order valence-electron chi connectivity index (χ2n) is 7.66. The molecule has 0 saturated carbocycles. The Labute approximate surface area is 161 Å². The molecular formula is C22H28N4O. The molecule has 27 heavy (non-hydrogen) atoms. The van der Waals surface area contributed by atoms with Crippen molar-refractivity contribution in [3.63, 3.8) is 0 Å². The van der Waals surface area contributed by atoms with Crippen LogP contribution in [-0.4, -0.2) is 32.2 Å². The molecule has 5 heteroatoms. The molecular weight excluding hydrogens is 336 g/mol. The minimum absolute atomic E-state index is 0.586. The number of aryl methyl sites for hydroxylation is 3. The van der Waals surface area contributed by atoms with Gasteiger partial charge in [0, 0.05) is 43.5 Å². The van der Waals surface area contributed by atoms with E-state index in [0.29, 0.717) is 6.04 Å². The smallest absolute Gasteiger partial charge is 0.151 e. The molecule has 0 aliphatic carbocycles. The molecule has 0 unspecified atom stereocenters. The molecule has 1 aromatic carbocycles. The zero-order valence-corrected chi connectivity index (χ0v) is 16.3. The molecule has 1 aliphatic rings. The Morgan fingerprint density at radius 2 is 2.04 bits per heavy atom. The summed E-state index contributed by atoms with van der Waals surface area (Å²) in [6, 6.07) is 11.1. The first-order valence-electron chi connectivity index (χ1n) is 9.92. The summed E-state index contributed by atoms with van der Waals surface area (Å²) in [5.74, 6) is 2.12. The van der Waals surface area contributed by atoms with Gasteiger partial charge >= 0.3 is 0 Å². The standard InChI is InChI=1S/C22H28N4O/c1-17-6-8-18(9-7-17)21-15-20(27-24-21)16-26-13-4-3-5-19(26)10-11-22-23-12-14-25(22)2/h6-9,12,14-15,19H,3-5,10-11,13,16H2,1-2H3/t19-/m0/s1. The zero-order valence-electron chi connectivity index (χ0n) is 16.3. The molecule has 1 aliphatic heterocycles. The summed E-state index contributed by atoms with van der Waals surface area (Å²) in [5, 5.41) is 4.29. The maximum absolute atomic E-state index is 5.66. The number of rotatable bonds is 6. The lowest BCUT2D eigenvalue weighted by molar-refractivity contribution is 0.119. The lowest BCUT2D eigenvalue weighted by atomic mass is 9.97. The van der Waals surface area contributed by atoms with Crippen LogP contribution in [0.15, 0.2) is 47.2 Å². The molecule has 1 saturated heterocycles. The molecule has 3 heterocycles. The minimum atomic E-state index is 0.586. The van der Waals surface area contributed by atoms with Crippen molar-refractivity contribution in [3.8, 4) is 11.3 Å². The first-order valence-corrected chi connectivity index (χ1v) is 9.92. The Hall–Kier alpha value is -2.40. The van der Waals surface area contributed by atoms with E-state index in [2.05, 4.69) is 63.9 Å². The fourth-order valence-corrected chi connectivity index (χ4v) is 3.98. The molecule has 0 amide bonds. The highest BCUT2D eigenvalue weighted by Crippen LogP contribution is 2.25. The van der Waals surface area contributed by atoms with E-state index in [1.54, 1.807) is 0 Å². The van der Waals surface area contributed by atoms with E-state index in [9.17, 15) is 0 Å². The second-order valence-corrected chi connectivity index (χ2v) is 7.66. The monoisotopic (exact) mass is 364 g/mol. The van der Waals surface area contributed by atoms with E-state index in [1.165, 1.54) is 30.7 Å². The summed E-state index contributed by atoms with van der Waals surface area (Å²) in [7, 11) is 2.07. The first kappa shape index (κ1) is 18.0. The lowest BCUT2D eigenvalue weighted by Crippen LogP contribution is -2.39. The van der Waals surface area contributed by atoms with Gasteiger partial charge in [0.15, 0.2) is 5.76 Å². The second kappa shape index (κ2) is 8.09. The van der Waals surface area contributed by atoms with Gasteiger partial charge in [0.2, 0.25) is 0 Å². The molecule has 142 valence electrons. The minimum Gasteiger partial charge on any atom is -0.359 e. The maximum atomic E-state index is 5.66. The number of benzene rings is 1. The van der Waals surface area contributed by atoms with Gasteiger partial charge in [0.1, 0.15) is 11.5 Å². The Kier molecular flexibility index (Phi) is 5.39. The van der Waals surface area contributed by atoms with E-state index >= 15 is 0 Å². The number of likely N-dealkylation sites (tertiary alicyclic amines) is 1. The van der Waals surface area contributed by atoms with Crippen LogP contribution in [0.3, 0.4) is 0 Å². The molecule has 0 spiro atoms. The van der Waals surface area contributed by atoms with Crippen molar-refractivity contribution in [3.05, 3.63) is 59.9 Å². The van der Waals surface area contributed by atoms with E-state index in [1.807, 2.05) is 12.4 Å². The lowest BCUT2D eigenvalue weighted by Gasteiger charge is -2.35. The van der Waals surface area contributed by atoms with Crippen LogP contribution in [-0.2, 0) is 20.0 Å². The quantitative estimate of drug-likeness (QED) is 0.651. The van der Waals surface area contributed by atoms with Crippen LogP contribution < -0.4 is 0 Å². The van der Waals surface area contributed by atoms with Gasteiger partial charge in [0.25, 0.3) is 0 Å². The summed E-state index contributed by atoms with van der Waals surface area (Å²) in [6.07, 6.45) is 9.90. The van der Waals surface area contributed by atoms with E-state index in [0.717, 1.165) is 42.9 Å². The number of imidazole rings is 1. The van der Waals surface area contributed by atoms with Crippen molar-refractivity contribution in [2.24, 2.45) is 7.05 Å². The Balaban J connectivity index is 1.41. The van der Waals surface area contributed by atoms with Gasteiger partial charge in [-0.3, -0.25) is 4.90 Å². The average Bonchev–Trinajstić information content (AvgIpc) is 3.31. The summed E-state index contributed by atoms with van der Waals surface area (Å²) < 4.78 is 7.78. The van der Waals surface area contributed by atoms with Gasteiger partial charge in [-0.15, -0.1) is 0 Å². The average molecular weight is 364 g/mol. The fraction of sp³-hybridized carbons (Fsp3) is 0.455. The van der Waals surface area contributed by atoms with Crippen molar-refractivity contribution >= 4 is 0 Å². The van der Waals surface area contributed by atoms with Crippen molar-refractivity contribution < 1.29 is 4.52 Å². The highest BCUT2D eigenvalue weighted by Gasteiger charge is 2.24. The van der Waals surface area contributed by atoms with E-state index < -0.39 is 0 Å². The molecule has 0 N–H and O–H groups in total. The molecule has 4 rings (SSSR count). The summed E-state index contributed by atoms with van der Waals surface area (Å²) in [4.78, 5) is 7.03. The normalized spacial score (nSPS) is 18.1. The van der Waals surface area contributed by atoms with Crippen molar-refractivity contribution in [2.45, 2.75) is 51.6 Å². The molecule has 0 bridgehead atoms. The number of hydrogen-bond acceptors (Lipinski definition) is 4. The molecule has 5 nitrogen and oxygen atoms in total. The highest BCUT2D eigenvalue weighted by molar-refractivity contribution is 5.59. The molecule has 1 atom stereocenters. The third-order valence-electron chi connectivity index (χ3n) is 5.64. The first-order chi connectivity index (χ1) is 13.2. The zero-order chi connectivity index (χ0) is 18.6. The maximum Gasteiger partial charge on any atom is 0.151 e.